The summed E-state index contributed by atoms with van der Waals surface area (Å²) in [7, 11) is -7.32. The highest BCUT2D eigenvalue weighted by molar-refractivity contribution is 7.90. The molecule has 1 aromatic rings. The van der Waals surface area contributed by atoms with E-state index in [9.17, 15) is 16.8 Å². The van der Waals surface area contributed by atoms with Crippen molar-refractivity contribution in [1.82, 2.24) is 8.61 Å². The van der Waals surface area contributed by atoms with E-state index < -0.39 is 20.0 Å². The van der Waals surface area contributed by atoms with Gasteiger partial charge in [0.05, 0.1) is 23.0 Å². The fourth-order valence-electron chi connectivity index (χ4n) is 2.81. The van der Waals surface area contributed by atoms with Gasteiger partial charge in [-0.1, -0.05) is 6.07 Å². The number of hydrogen-bond acceptors (Lipinski definition) is 5. The zero-order valence-electron chi connectivity index (χ0n) is 12.7. The first-order valence-corrected chi connectivity index (χ1v) is 10.5. The highest BCUT2D eigenvalue weighted by Crippen LogP contribution is 2.24. The molecule has 0 saturated carbocycles. The van der Waals surface area contributed by atoms with E-state index in [1.807, 2.05) is 0 Å². The molecule has 0 atom stereocenters. The van der Waals surface area contributed by atoms with Gasteiger partial charge in [0.2, 0.25) is 20.0 Å². The van der Waals surface area contributed by atoms with Crippen molar-refractivity contribution in [2.24, 2.45) is 0 Å². The molecule has 128 valence electrons. The lowest BCUT2D eigenvalue weighted by molar-refractivity contribution is 0.0730. The van der Waals surface area contributed by atoms with Crippen LogP contribution in [0.15, 0.2) is 34.1 Å². The van der Waals surface area contributed by atoms with Crippen molar-refractivity contribution < 1.29 is 21.6 Å². The summed E-state index contributed by atoms with van der Waals surface area (Å²) in [6.07, 6.45) is 1.68. The van der Waals surface area contributed by atoms with E-state index in [4.69, 9.17) is 4.74 Å². The number of morpholine rings is 1. The van der Waals surface area contributed by atoms with Crippen LogP contribution in [0.3, 0.4) is 0 Å². The van der Waals surface area contributed by atoms with Gasteiger partial charge in [0.25, 0.3) is 0 Å². The van der Waals surface area contributed by atoms with E-state index in [0.717, 1.165) is 12.8 Å². The molecule has 0 aromatic heterocycles. The Morgan fingerprint density at radius 3 is 1.78 bits per heavy atom. The number of rotatable bonds is 4. The Kier molecular flexibility index (Phi) is 4.75. The SMILES string of the molecule is O=S(=O)(c1cccc(S(=O)(=O)N2CCOCC2)c1)N1CCCC1. The molecule has 0 amide bonds. The normalized spacial score (nSPS) is 21.6. The summed E-state index contributed by atoms with van der Waals surface area (Å²) in [4.78, 5) is 0.0495. The summed E-state index contributed by atoms with van der Waals surface area (Å²) in [6.45, 7) is 2.25. The highest BCUT2D eigenvalue weighted by atomic mass is 32.2. The van der Waals surface area contributed by atoms with Gasteiger partial charge in [-0.2, -0.15) is 8.61 Å². The van der Waals surface area contributed by atoms with Crippen LogP contribution in [0.4, 0.5) is 0 Å². The summed E-state index contributed by atoms with van der Waals surface area (Å²) >= 11 is 0. The van der Waals surface area contributed by atoms with Crippen molar-refractivity contribution in [3.8, 4) is 0 Å². The average Bonchev–Trinajstić information content (AvgIpc) is 3.11. The van der Waals surface area contributed by atoms with Crippen LogP contribution < -0.4 is 0 Å². The second kappa shape index (κ2) is 6.48. The molecule has 2 aliphatic rings. The van der Waals surface area contributed by atoms with Crippen LogP contribution in [0.25, 0.3) is 0 Å². The first kappa shape index (κ1) is 16.8. The van der Waals surface area contributed by atoms with Crippen LogP contribution in [0, 0.1) is 0 Å². The van der Waals surface area contributed by atoms with Crippen molar-refractivity contribution in [2.75, 3.05) is 39.4 Å². The van der Waals surface area contributed by atoms with Crippen molar-refractivity contribution >= 4 is 20.0 Å². The Balaban J connectivity index is 1.93. The highest BCUT2D eigenvalue weighted by Gasteiger charge is 2.30. The zero-order valence-corrected chi connectivity index (χ0v) is 14.4. The van der Waals surface area contributed by atoms with Gasteiger partial charge in [-0.25, -0.2) is 16.8 Å². The van der Waals surface area contributed by atoms with E-state index in [2.05, 4.69) is 0 Å². The minimum Gasteiger partial charge on any atom is -0.379 e. The Bertz CT molecular complexity index is 764. The molecular weight excluding hydrogens is 340 g/mol. The summed E-state index contributed by atoms with van der Waals surface area (Å²) in [5.74, 6) is 0. The third-order valence-corrected chi connectivity index (χ3v) is 7.91. The van der Waals surface area contributed by atoms with Gasteiger partial charge in [-0.15, -0.1) is 0 Å². The average molecular weight is 360 g/mol. The maximum Gasteiger partial charge on any atom is 0.243 e. The van der Waals surface area contributed by atoms with Crippen LogP contribution in [0.1, 0.15) is 12.8 Å². The molecule has 3 rings (SSSR count). The topological polar surface area (TPSA) is 84.0 Å². The Morgan fingerprint density at radius 2 is 1.26 bits per heavy atom. The maximum atomic E-state index is 12.6. The third-order valence-electron chi connectivity index (χ3n) is 4.12. The third kappa shape index (κ3) is 3.29. The predicted molar refractivity (Wildman–Crippen MR) is 84.0 cm³/mol. The van der Waals surface area contributed by atoms with Crippen LogP contribution in [0.2, 0.25) is 0 Å². The number of benzene rings is 1. The molecule has 0 spiro atoms. The van der Waals surface area contributed by atoms with E-state index >= 15 is 0 Å². The minimum atomic E-state index is -3.70. The van der Waals surface area contributed by atoms with Gasteiger partial charge in [-0.3, -0.25) is 0 Å². The molecule has 23 heavy (non-hydrogen) atoms. The van der Waals surface area contributed by atoms with Crippen molar-refractivity contribution in [1.29, 1.82) is 0 Å². The summed E-state index contributed by atoms with van der Waals surface area (Å²) < 4.78 is 58.4. The van der Waals surface area contributed by atoms with Gasteiger partial charge in [0.1, 0.15) is 0 Å². The zero-order chi connectivity index (χ0) is 16.5. The summed E-state index contributed by atoms with van der Waals surface area (Å²) in [5.41, 5.74) is 0. The van der Waals surface area contributed by atoms with Crippen molar-refractivity contribution in [2.45, 2.75) is 22.6 Å². The smallest absolute Gasteiger partial charge is 0.243 e. The largest absolute Gasteiger partial charge is 0.379 e. The summed E-state index contributed by atoms with van der Waals surface area (Å²) in [6, 6.07) is 5.63. The number of sulfonamides is 2. The number of hydrogen-bond donors (Lipinski definition) is 0. The second-order valence-electron chi connectivity index (χ2n) is 5.60. The van der Waals surface area contributed by atoms with Crippen molar-refractivity contribution in [3.05, 3.63) is 24.3 Å². The standard InChI is InChI=1S/C14H20N2O5S2/c17-22(18,15-6-1-2-7-15)13-4-3-5-14(12-13)23(19,20)16-8-10-21-11-9-16/h3-5,12H,1-2,6-11H2. The Morgan fingerprint density at radius 1 is 0.783 bits per heavy atom. The minimum absolute atomic E-state index is 0.0136. The van der Waals surface area contributed by atoms with Crippen LogP contribution in [-0.4, -0.2) is 64.8 Å². The molecule has 1 aromatic carbocycles. The number of nitrogens with zero attached hydrogens (tertiary/aromatic N) is 2. The monoisotopic (exact) mass is 360 g/mol. The first-order chi connectivity index (χ1) is 10.9. The molecule has 9 heteroatoms. The number of ether oxygens (including phenoxy) is 1. The van der Waals surface area contributed by atoms with E-state index in [1.54, 1.807) is 0 Å². The second-order valence-corrected chi connectivity index (χ2v) is 9.48. The lowest BCUT2D eigenvalue weighted by Crippen LogP contribution is -2.40. The molecule has 0 unspecified atom stereocenters. The van der Waals surface area contributed by atoms with Gasteiger partial charge < -0.3 is 4.74 Å². The van der Waals surface area contributed by atoms with Crippen LogP contribution in [0.5, 0.6) is 0 Å². The first-order valence-electron chi connectivity index (χ1n) is 7.60. The fourth-order valence-corrected chi connectivity index (χ4v) is 5.90. The van der Waals surface area contributed by atoms with Crippen LogP contribution >= 0.6 is 0 Å². The molecule has 2 fully saturated rings. The van der Waals surface area contributed by atoms with Gasteiger partial charge in [0.15, 0.2) is 0 Å². The molecular formula is C14H20N2O5S2. The molecule has 2 aliphatic heterocycles. The Labute approximate surface area is 136 Å². The molecule has 0 N–H and O–H groups in total. The van der Waals surface area contributed by atoms with Gasteiger partial charge >= 0.3 is 0 Å². The lowest BCUT2D eigenvalue weighted by atomic mass is 10.4. The molecule has 0 aliphatic carbocycles. The maximum absolute atomic E-state index is 12.6. The Hall–Kier alpha value is -1.00. The molecule has 2 saturated heterocycles. The van der Waals surface area contributed by atoms with Gasteiger partial charge in [-0.05, 0) is 31.0 Å². The fraction of sp³-hybridized carbons (Fsp3) is 0.571. The summed E-state index contributed by atoms with van der Waals surface area (Å²) in [5, 5.41) is 0. The lowest BCUT2D eigenvalue weighted by Gasteiger charge is -2.26. The van der Waals surface area contributed by atoms with Crippen molar-refractivity contribution in [3.63, 3.8) is 0 Å². The quantitative estimate of drug-likeness (QED) is 0.780. The van der Waals surface area contributed by atoms with E-state index in [1.165, 1.54) is 32.9 Å². The van der Waals surface area contributed by atoms with E-state index in [-0.39, 0.29) is 22.9 Å². The van der Waals surface area contributed by atoms with Gasteiger partial charge in [0, 0.05) is 26.2 Å². The molecule has 7 nitrogen and oxygen atoms in total. The molecule has 0 radical (unpaired) electrons. The molecule has 2 heterocycles. The van der Waals surface area contributed by atoms with Crippen LogP contribution in [-0.2, 0) is 24.8 Å². The molecule has 0 bridgehead atoms. The predicted octanol–water partition coefficient (Wildman–Crippen LogP) is 0.492. The van der Waals surface area contributed by atoms with E-state index in [0.29, 0.717) is 26.3 Å².